The number of aromatic nitrogens is 1. The van der Waals surface area contributed by atoms with Crippen molar-refractivity contribution < 1.29 is 5.11 Å². The largest absolute Gasteiger partial charge is 0.387 e. The fraction of sp³-hybridized carbons (Fsp3) is 0.737. The summed E-state index contributed by atoms with van der Waals surface area (Å²) in [5.41, 5.74) is 4.66. The summed E-state index contributed by atoms with van der Waals surface area (Å²) in [6.07, 6.45) is 4.08. The molecule has 2 heterocycles. The van der Waals surface area contributed by atoms with E-state index in [-0.39, 0.29) is 6.10 Å². The van der Waals surface area contributed by atoms with Crippen molar-refractivity contribution in [1.29, 1.82) is 0 Å². The van der Waals surface area contributed by atoms with Crippen molar-refractivity contribution in [2.75, 3.05) is 13.6 Å². The van der Waals surface area contributed by atoms with Crippen LogP contribution in [0.25, 0.3) is 0 Å². The van der Waals surface area contributed by atoms with Crippen molar-refractivity contribution in [3.8, 4) is 0 Å². The van der Waals surface area contributed by atoms with Crippen LogP contribution in [0.1, 0.15) is 83.0 Å². The average molecular weight is 309 g/mol. The quantitative estimate of drug-likeness (QED) is 0.888. The Kier molecular flexibility index (Phi) is 11.1. The summed E-state index contributed by atoms with van der Waals surface area (Å²) in [4.78, 5) is 6.95. The number of rotatable bonds is 4. The van der Waals surface area contributed by atoms with Gasteiger partial charge < -0.3 is 5.11 Å². The van der Waals surface area contributed by atoms with Gasteiger partial charge in [-0.25, -0.2) is 0 Å². The van der Waals surface area contributed by atoms with Gasteiger partial charge in [0, 0.05) is 24.3 Å². The number of nitrogens with zero attached hydrogens (tertiary/aromatic N) is 2. The molecular weight excluding hydrogens is 272 g/mol. The lowest BCUT2D eigenvalue weighted by molar-refractivity contribution is 0.106. The molecule has 0 aliphatic carbocycles. The van der Waals surface area contributed by atoms with Gasteiger partial charge in [0.1, 0.15) is 0 Å². The van der Waals surface area contributed by atoms with Gasteiger partial charge in [0.05, 0.1) is 11.8 Å². The van der Waals surface area contributed by atoms with Gasteiger partial charge in [-0.1, -0.05) is 48.0 Å². The van der Waals surface area contributed by atoms with Crippen LogP contribution in [-0.2, 0) is 19.4 Å². The zero-order valence-electron chi connectivity index (χ0n) is 15.7. The lowest BCUT2D eigenvalue weighted by Crippen LogP contribution is -2.31. The number of β-amino-alcohol motifs (C(OH)–C–C–N with tert-alkyl or cyclic N) is 1. The summed E-state index contributed by atoms with van der Waals surface area (Å²) in [7, 11) is 2.04. The van der Waals surface area contributed by atoms with E-state index in [1.165, 1.54) is 24.1 Å². The molecule has 1 aliphatic heterocycles. The Balaban J connectivity index is 0.00000102. The van der Waals surface area contributed by atoms with E-state index in [9.17, 15) is 5.11 Å². The summed E-state index contributed by atoms with van der Waals surface area (Å²) in [6.45, 7) is 13.9. The fourth-order valence-electron chi connectivity index (χ4n) is 2.65. The first-order valence-corrected chi connectivity index (χ1v) is 9.03. The maximum Gasteiger partial charge on any atom is 0.0935 e. The monoisotopic (exact) mass is 308 g/mol. The highest BCUT2D eigenvalue weighted by molar-refractivity contribution is 5.34. The van der Waals surface area contributed by atoms with E-state index >= 15 is 0 Å². The highest BCUT2D eigenvalue weighted by atomic mass is 16.3. The Labute approximate surface area is 137 Å². The number of hydrogen-bond donors (Lipinski definition) is 1. The second-order valence-corrected chi connectivity index (χ2v) is 5.30. The van der Waals surface area contributed by atoms with Crippen molar-refractivity contribution in [1.82, 2.24) is 9.88 Å². The second kappa shape index (κ2) is 11.6. The Morgan fingerprint density at radius 3 is 2.41 bits per heavy atom. The van der Waals surface area contributed by atoms with E-state index in [0.29, 0.717) is 6.54 Å². The van der Waals surface area contributed by atoms with Gasteiger partial charge >= 0.3 is 0 Å². The highest BCUT2D eigenvalue weighted by Crippen LogP contribution is 2.27. The third-order valence-electron chi connectivity index (χ3n) is 3.71. The number of hydrogen-bond acceptors (Lipinski definition) is 3. The molecule has 1 unspecified atom stereocenters. The third kappa shape index (κ3) is 5.69. The maximum atomic E-state index is 10.1. The second-order valence-electron chi connectivity index (χ2n) is 5.30. The van der Waals surface area contributed by atoms with Gasteiger partial charge in [0.25, 0.3) is 0 Å². The number of aliphatic hydroxyl groups excluding tert-OH is 1. The molecule has 0 spiro atoms. The van der Waals surface area contributed by atoms with Crippen LogP contribution in [0.5, 0.6) is 0 Å². The molecule has 0 saturated carbocycles. The summed E-state index contributed by atoms with van der Waals surface area (Å²) in [6, 6.07) is 2.19. The summed E-state index contributed by atoms with van der Waals surface area (Å²) in [5, 5.41) is 10.1. The van der Waals surface area contributed by atoms with Crippen LogP contribution in [0.2, 0.25) is 0 Å². The van der Waals surface area contributed by atoms with E-state index < -0.39 is 0 Å². The van der Waals surface area contributed by atoms with Gasteiger partial charge in [-0.2, -0.15) is 0 Å². The molecule has 3 heteroatoms. The minimum atomic E-state index is -0.378. The summed E-state index contributed by atoms with van der Waals surface area (Å²) >= 11 is 0. The zero-order chi connectivity index (χ0) is 17.1. The Bertz CT molecular complexity index is 418. The highest BCUT2D eigenvalue weighted by Gasteiger charge is 2.23. The number of unbranched alkanes of at least 4 members (excludes halogenated alkanes) is 1. The molecule has 1 N–H and O–H groups in total. The molecule has 0 fully saturated rings. The molecule has 2 rings (SSSR count). The molecule has 0 aromatic carbocycles. The van der Waals surface area contributed by atoms with Crippen molar-refractivity contribution in [3.63, 3.8) is 0 Å². The molecule has 22 heavy (non-hydrogen) atoms. The lowest BCUT2D eigenvalue weighted by atomic mass is 9.96. The van der Waals surface area contributed by atoms with Gasteiger partial charge in [0.15, 0.2) is 0 Å². The minimum Gasteiger partial charge on any atom is -0.387 e. The SMILES string of the molecule is CC.CC.CCCCc1nc2c(cc1CC)C(O)CN(C)C2. The van der Waals surface area contributed by atoms with Crippen LogP contribution in [0.3, 0.4) is 0 Å². The number of fused-ring (bicyclic) bond motifs is 1. The van der Waals surface area contributed by atoms with Gasteiger partial charge in [-0.3, -0.25) is 9.88 Å². The van der Waals surface area contributed by atoms with E-state index in [1.54, 1.807) is 0 Å². The maximum absolute atomic E-state index is 10.1. The minimum absolute atomic E-state index is 0.378. The van der Waals surface area contributed by atoms with Crippen LogP contribution in [-0.4, -0.2) is 28.6 Å². The molecule has 0 bridgehead atoms. The van der Waals surface area contributed by atoms with Crippen molar-refractivity contribution in [2.45, 2.75) is 79.9 Å². The normalized spacial score (nSPS) is 16.8. The molecule has 0 amide bonds. The molecule has 1 aromatic rings. The Morgan fingerprint density at radius 2 is 1.86 bits per heavy atom. The van der Waals surface area contributed by atoms with Gasteiger partial charge in [-0.15, -0.1) is 0 Å². The Hall–Kier alpha value is -0.930. The molecular formula is C19H36N2O. The molecule has 0 radical (unpaired) electrons. The van der Waals surface area contributed by atoms with Crippen molar-refractivity contribution >= 4 is 0 Å². The first-order valence-electron chi connectivity index (χ1n) is 9.03. The topological polar surface area (TPSA) is 36.4 Å². The zero-order valence-corrected chi connectivity index (χ0v) is 15.7. The van der Waals surface area contributed by atoms with Gasteiger partial charge in [0.2, 0.25) is 0 Å². The molecule has 1 atom stereocenters. The third-order valence-corrected chi connectivity index (χ3v) is 3.71. The molecule has 1 aromatic heterocycles. The van der Waals surface area contributed by atoms with Crippen LogP contribution < -0.4 is 0 Å². The number of likely N-dealkylation sites (N-methyl/N-ethyl adjacent to an activating group) is 1. The molecule has 0 saturated heterocycles. The van der Waals surface area contributed by atoms with E-state index in [0.717, 1.165) is 30.6 Å². The fourth-order valence-corrected chi connectivity index (χ4v) is 2.65. The summed E-state index contributed by atoms with van der Waals surface area (Å²) < 4.78 is 0. The first kappa shape index (κ1) is 21.1. The predicted octanol–water partition coefficient (Wildman–Crippen LogP) is 4.52. The molecule has 3 nitrogen and oxygen atoms in total. The van der Waals surface area contributed by atoms with Crippen molar-refractivity contribution in [2.24, 2.45) is 0 Å². The lowest BCUT2D eigenvalue weighted by Gasteiger charge is -2.29. The average Bonchev–Trinajstić information content (AvgIpc) is 2.55. The Morgan fingerprint density at radius 1 is 1.23 bits per heavy atom. The number of aliphatic hydroxyl groups is 1. The molecule has 1 aliphatic rings. The standard InChI is InChI=1S/C15H24N2O.2C2H6/c1-4-6-7-13-11(5-2)8-12-14(16-13)9-17(3)10-15(12)18;2*1-2/h8,15,18H,4-7,9-10H2,1-3H3;2*1-2H3. The van der Waals surface area contributed by atoms with Crippen LogP contribution in [0, 0.1) is 0 Å². The van der Waals surface area contributed by atoms with Crippen molar-refractivity contribution in [3.05, 3.63) is 28.6 Å². The number of pyridine rings is 1. The van der Waals surface area contributed by atoms with Crippen LogP contribution >= 0.6 is 0 Å². The van der Waals surface area contributed by atoms with Crippen LogP contribution in [0.15, 0.2) is 6.07 Å². The van der Waals surface area contributed by atoms with Gasteiger partial charge in [-0.05, 0) is 37.9 Å². The number of aryl methyl sites for hydroxylation is 2. The van der Waals surface area contributed by atoms with E-state index in [4.69, 9.17) is 4.98 Å². The van der Waals surface area contributed by atoms with E-state index in [1.807, 2.05) is 34.7 Å². The van der Waals surface area contributed by atoms with E-state index in [2.05, 4.69) is 24.8 Å². The molecule has 128 valence electrons. The smallest absolute Gasteiger partial charge is 0.0935 e. The summed E-state index contributed by atoms with van der Waals surface area (Å²) in [5.74, 6) is 0. The van der Waals surface area contributed by atoms with Crippen LogP contribution in [0.4, 0.5) is 0 Å². The predicted molar refractivity (Wildman–Crippen MR) is 96.2 cm³/mol. The first-order chi connectivity index (χ1) is 10.7.